The van der Waals surface area contributed by atoms with Crippen molar-refractivity contribution in [2.24, 2.45) is 0 Å². The van der Waals surface area contributed by atoms with E-state index in [1.807, 2.05) is 0 Å². The van der Waals surface area contributed by atoms with E-state index in [4.69, 9.17) is 4.62 Å². The highest BCUT2D eigenvalue weighted by Gasteiger charge is 2.26. The first-order chi connectivity index (χ1) is 5.04. The Balaban J connectivity index is 4.00. The van der Waals surface area contributed by atoms with Gasteiger partial charge in [-0.2, -0.15) is 19.8 Å². The van der Waals surface area contributed by atoms with Gasteiger partial charge in [-0.25, -0.2) is 4.57 Å². The molecule has 0 aromatic heterocycles. The fourth-order valence-electron chi connectivity index (χ4n) is 0.399. The third-order valence-corrected chi connectivity index (χ3v) is 2.07. The minimum atomic E-state index is -3.44. The summed E-state index contributed by atoms with van der Waals surface area (Å²) in [6.07, 6.45) is 0. The zero-order chi connectivity index (χ0) is 8.91. The molecule has 0 saturated heterocycles. The van der Waals surface area contributed by atoms with E-state index >= 15 is 0 Å². The zero-order valence-electron chi connectivity index (χ0n) is 7.03. The van der Waals surface area contributed by atoms with Crippen LogP contribution in [0.5, 0.6) is 0 Å². The van der Waals surface area contributed by atoms with Crippen LogP contribution in [0, 0.1) is 0 Å². The Kier molecular flexibility index (Phi) is 4.83. The largest absolute Gasteiger partial charge is 0.507 e. The summed E-state index contributed by atoms with van der Waals surface area (Å²) in [4.78, 5) is 0. The van der Waals surface area contributed by atoms with Gasteiger partial charge in [0.25, 0.3) is 0 Å². The number of hydrogen-bond donors (Lipinski definition) is 1. The van der Waals surface area contributed by atoms with Crippen molar-refractivity contribution in [2.45, 2.75) is 0 Å². The molecule has 7 heteroatoms. The summed E-state index contributed by atoms with van der Waals surface area (Å²) < 4.78 is 24.9. The minimum absolute atomic E-state index is 1.24. The molecular formula is C4H13N2O4P. The van der Waals surface area contributed by atoms with Crippen LogP contribution in [0.1, 0.15) is 0 Å². The van der Waals surface area contributed by atoms with Crippen LogP contribution in [0.3, 0.4) is 0 Å². The molecule has 1 unspecified atom stereocenters. The fourth-order valence-corrected chi connectivity index (χ4v) is 1.20. The molecule has 0 aliphatic carbocycles. The van der Waals surface area contributed by atoms with Crippen molar-refractivity contribution in [3.63, 3.8) is 0 Å². The van der Waals surface area contributed by atoms with E-state index < -0.39 is 7.82 Å². The molecule has 6 nitrogen and oxygen atoms in total. The number of nitrogens with zero attached hydrogens (tertiary/aromatic N) is 1. The molecule has 0 saturated carbocycles. The first kappa shape index (κ1) is 11.0. The monoisotopic (exact) mass is 184 g/mol. The van der Waals surface area contributed by atoms with Gasteiger partial charge in [-0.15, -0.1) is 0 Å². The third-order valence-electron chi connectivity index (χ3n) is 0.690. The van der Waals surface area contributed by atoms with E-state index in [1.54, 1.807) is 14.1 Å². The molecule has 0 amide bonds. The molecular weight excluding hydrogens is 171 g/mol. The van der Waals surface area contributed by atoms with Crippen LogP contribution in [0.2, 0.25) is 0 Å². The van der Waals surface area contributed by atoms with Crippen LogP contribution in [-0.2, 0) is 18.3 Å². The zero-order valence-corrected chi connectivity index (χ0v) is 7.92. The summed E-state index contributed by atoms with van der Waals surface area (Å²) in [6, 6.07) is 0. The quantitative estimate of drug-likeness (QED) is 0.492. The SMILES string of the molecule is CNOP(=O)(OC)ON(C)C. The van der Waals surface area contributed by atoms with Crippen LogP contribution in [0.4, 0.5) is 0 Å². The van der Waals surface area contributed by atoms with Crippen molar-refractivity contribution in [2.75, 3.05) is 28.3 Å². The first-order valence-corrected chi connectivity index (χ1v) is 4.38. The summed E-state index contributed by atoms with van der Waals surface area (Å²) in [7, 11) is 2.41. The second-order valence-electron chi connectivity index (χ2n) is 1.82. The molecule has 0 aromatic carbocycles. The maximum atomic E-state index is 11.2. The third kappa shape index (κ3) is 4.47. The second-order valence-corrected chi connectivity index (χ2v) is 3.42. The normalized spacial score (nSPS) is 16.8. The second kappa shape index (κ2) is 4.82. The van der Waals surface area contributed by atoms with E-state index in [1.165, 1.54) is 19.2 Å². The summed E-state index contributed by atoms with van der Waals surface area (Å²) >= 11 is 0. The summed E-state index contributed by atoms with van der Waals surface area (Å²) in [6.45, 7) is 0. The lowest BCUT2D eigenvalue weighted by Gasteiger charge is -2.17. The van der Waals surface area contributed by atoms with E-state index in [0.717, 1.165) is 0 Å². The molecule has 0 bridgehead atoms. The van der Waals surface area contributed by atoms with Crippen LogP contribution >= 0.6 is 7.82 Å². The predicted molar refractivity (Wildman–Crippen MR) is 39.5 cm³/mol. The molecule has 0 spiro atoms. The van der Waals surface area contributed by atoms with Crippen molar-refractivity contribution in [3.8, 4) is 0 Å². The van der Waals surface area contributed by atoms with Crippen molar-refractivity contribution >= 4 is 7.82 Å². The van der Waals surface area contributed by atoms with Crippen molar-refractivity contribution in [1.29, 1.82) is 0 Å². The molecule has 0 radical (unpaired) electrons. The summed E-state index contributed by atoms with van der Waals surface area (Å²) in [5.74, 6) is 0. The lowest BCUT2D eigenvalue weighted by Crippen LogP contribution is -2.16. The lowest BCUT2D eigenvalue weighted by atomic mass is 11.2. The highest BCUT2D eigenvalue weighted by atomic mass is 31.2. The maximum absolute atomic E-state index is 11.2. The topological polar surface area (TPSA) is 60.0 Å². The maximum Gasteiger partial charge on any atom is 0.507 e. The van der Waals surface area contributed by atoms with Crippen LogP contribution in [0.15, 0.2) is 0 Å². The Morgan fingerprint density at radius 2 is 2.00 bits per heavy atom. The average molecular weight is 184 g/mol. The minimum Gasteiger partial charge on any atom is -0.288 e. The standard InChI is InChI=1S/C4H13N2O4P/c1-5-9-11(7,8-4)10-6(2)3/h5H,1-4H3. The van der Waals surface area contributed by atoms with Gasteiger partial charge >= 0.3 is 7.82 Å². The highest BCUT2D eigenvalue weighted by Crippen LogP contribution is 2.47. The molecule has 0 aliphatic heterocycles. The lowest BCUT2D eigenvalue weighted by molar-refractivity contribution is -0.0546. The van der Waals surface area contributed by atoms with Crippen molar-refractivity contribution in [3.05, 3.63) is 0 Å². The Morgan fingerprint density at radius 1 is 1.45 bits per heavy atom. The van der Waals surface area contributed by atoms with Crippen molar-refractivity contribution in [1.82, 2.24) is 10.5 Å². The number of rotatable bonds is 5. The molecule has 0 heterocycles. The van der Waals surface area contributed by atoms with E-state index in [0.29, 0.717) is 0 Å². The summed E-state index contributed by atoms with van der Waals surface area (Å²) in [5.41, 5.74) is 2.22. The fraction of sp³-hybridized carbons (Fsp3) is 1.00. The van der Waals surface area contributed by atoms with Gasteiger partial charge in [-0.1, -0.05) is 0 Å². The molecule has 0 fully saturated rings. The van der Waals surface area contributed by atoms with Gasteiger partial charge in [0.2, 0.25) is 0 Å². The van der Waals surface area contributed by atoms with Gasteiger partial charge in [0.05, 0.1) is 0 Å². The van der Waals surface area contributed by atoms with Crippen LogP contribution in [0.25, 0.3) is 0 Å². The number of hydrogen-bond acceptors (Lipinski definition) is 6. The molecule has 0 aromatic rings. The summed E-state index contributed by atoms with van der Waals surface area (Å²) in [5, 5.41) is 1.24. The van der Waals surface area contributed by atoms with Crippen LogP contribution < -0.4 is 5.48 Å². The Hall–Kier alpha value is 0.0300. The predicted octanol–water partition coefficient (Wildman–Crippen LogP) is 0.385. The van der Waals surface area contributed by atoms with Crippen LogP contribution in [-0.4, -0.2) is 33.3 Å². The smallest absolute Gasteiger partial charge is 0.288 e. The Bertz CT molecular complexity index is 151. The Morgan fingerprint density at radius 3 is 2.27 bits per heavy atom. The molecule has 0 aliphatic rings. The van der Waals surface area contributed by atoms with E-state index in [-0.39, 0.29) is 0 Å². The molecule has 1 N–H and O–H groups in total. The van der Waals surface area contributed by atoms with Gasteiger partial charge in [-0.3, -0.25) is 4.52 Å². The average Bonchev–Trinajstić information content (AvgIpc) is 1.87. The molecule has 1 atom stereocenters. The van der Waals surface area contributed by atoms with Gasteiger partial charge in [0.1, 0.15) is 0 Å². The van der Waals surface area contributed by atoms with Gasteiger partial charge in [0, 0.05) is 28.3 Å². The first-order valence-electron chi connectivity index (χ1n) is 2.92. The van der Waals surface area contributed by atoms with Crippen molar-refractivity contribution < 1.29 is 18.3 Å². The Labute approximate surface area is 65.9 Å². The number of nitrogens with one attached hydrogen (secondary N) is 1. The van der Waals surface area contributed by atoms with Gasteiger partial charge < -0.3 is 0 Å². The molecule has 68 valence electrons. The highest BCUT2D eigenvalue weighted by molar-refractivity contribution is 7.48. The number of phosphoric acid groups is 1. The van der Waals surface area contributed by atoms with Gasteiger partial charge in [-0.05, 0) is 0 Å². The van der Waals surface area contributed by atoms with E-state index in [9.17, 15) is 4.57 Å². The number of hydroxylamine groups is 3. The molecule has 0 rings (SSSR count). The van der Waals surface area contributed by atoms with Gasteiger partial charge in [0.15, 0.2) is 0 Å². The molecule has 11 heavy (non-hydrogen) atoms. The van der Waals surface area contributed by atoms with E-state index in [2.05, 4.69) is 14.6 Å².